The molecule has 0 saturated heterocycles. The molecule has 0 fully saturated rings. The predicted molar refractivity (Wildman–Crippen MR) is 59.1 cm³/mol. The van der Waals surface area contributed by atoms with Crippen molar-refractivity contribution in [3.8, 4) is 0 Å². The molecule has 0 spiro atoms. The summed E-state index contributed by atoms with van der Waals surface area (Å²) in [5.74, 6) is -1.44. The maximum Gasteiger partial charge on any atom is 0.417 e. The van der Waals surface area contributed by atoms with Gasteiger partial charge in [-0.1, -0.05) is 0 Å². The molecule has 0 amide bonds. The maximum absolute atomic E-state index is 12.3. The third-order valence-electron chi connectivity index (χ3n) is 2.61. The van der Waals surface area contributed by atoms with Crippen molar-refractivity contribution in [3.63, 3.8) is 0 Å². The Labute approximate surface area is 102 Å². The first kappa shape index (κ1) is 14.3. The number of carbonyl (C=O) groups is 1. The van der Waals surface area contributed by atoms with Gasteiger partial charge in [-0.25, -0.2) is 4.98 Å². The summed E-state index contributed by atoms with van der Waals surface area (Å²) < 4.78 is 36.8. The van der Waals surface area contributed by atoms with Gasteiger partial charge in [-0.2, -0.15) is 13.2 Å². The van der Waals surface area contributed by atoms with Crippen LogP contribution in [0, 0.1) is 5.92 Å². The van der Waals surface area contributed by atoms with Gasteiger partial charge in [-0.3, -0.25) is 4.79 Å². The van der Waals surface area contributed by atoms with Gasteiger partial charge < -0.3 is 10.4 Å². The number of aliphatic carboxylic acids is 1. The van der Waals surface area contributed by atoms with E-state index in [2.05, 4.69) is 10.3 Å². The monoisotopic (exact) mass is 262 g/mol. The smallest absolute Gasteiger partial charge is 0.417 e. The zero-order chi connectivity index (χ0) is 13.9. The van der Waals surface area contributed by atoms with Crippen molar-refractivity contribution >= 4 is 11.8 Å². The van der Waals surface area contributed by atoms with Crippen LogP contribution in [0.15, 0.2) is 18.3 Å². The fourth-order valence-electron chi connectivity index (χ4n) is 1.22. The fourth-order valence-corrected chi connectivity index (χ4v) is 1.22. The van der Waals surface area contributed by atoms with Crippen LogP contribution in [0.1, 0.15) is 19.4 Å². The first-order valence-corrected chi connectivity index (χ1v) is 5.24. The highest BCUT2D eigenvalue weighted by molar-refractivity contribution is 5.71. The molecule has 2 unspecified atom stereocenters. The molecule has 1 aromatic rings. The van der Waals surface area contributed by atoms with Crippen molar-refractivity contribution in [1.29, 1.82) is 0 Å². The summed E-state index contributed by atoms with van der Waals surface area (Å²) in [7, 11) is 0. The van der Waals surface area contributed by atoms with Crippen LogP contribution in [-0.4, -0.2) is 22.1 Å². The van der Waals surface area contributed by atoms with Crippen LogP contribution in [0.5, 0.6) is 0 Å². The molecule has 0 bridgehead atoms. The van der Waals surface area contributed by atoms with E-state index in [1.807, 2.05) is 0 Å². The van der Waals surface area contributed by atoms with E-state index in [1.54, 1.807) is 6.92 Å². The first-order valence-electron chi connectivity index (χ1n) is 5.24. The van der Waals surface area contributed by atoms with Gasteiger partial charge in [0.1, 0.15) is 5.82 Å². The molecule has 7 heteroatoms. The van der Waals surface area contributed by atoms with Crippen LogP contribution in [0.2, 0.25) is 0 Å². The Morgan fingerprint density at radius 2 is 2.00 bits per heavy atom. The summed E-state index contributed by atoms with van der Waals surface area (Å²) in [4.78, 5) is 14.3. The van der Waals surface area contributed by atoms with Gasteiger partial charge in [-0.05, 0) is 26.0 Å². The standard InChI is InChI=1S/C11H13F3N2O2/c1-6(10(17)18)7(2)16-9-4-3-8(5-15-9)11(12,13)14/h3-7H,1-2H3,(H,15,16)(H,17,18). The van der Waals surface area contributed by atoms with Gasteiger partial charge in [0.2, 0.25) is 0 Å². The summed E-state index contributed by atoms with van der Waals surface area (Å²) in [5.41, 5.74) is -0.841. The van der Waals surface area contributed by atoms with E-state index >= 15 is 0 Å². The highest BCUT2D eigenvalue weighted by Gasteiger charge is 2.30. The number of halogens is 3. The van der Waals surface area contributed by atoms with E-state index in [1.165, 1.54) is 13.0 Å². The Kier molecular flexibility index (Phi) is 4.15. The lowest BCUT2D eigenvalue weighted by atomic mass is 10.0. The molecule has 2 atom stereocenters. The second-order valence-electron chi connectivity index (χ2n) is 3.99. The van der Waals surface area contributed by atoms with Gasteiger partial charge in [-0.15, -0.1) is 0 Å². The predicted octanol–water partition coefficient (Wildman–Crippen LogP) is 2.62. The van der Waals surface area contributed by atoms with E-state index in [0.29, 0.717) is 6.20 Å². The number of pyridine rings is 1. The number of nitrogens with one attached hydrogen (secondary N) is 1. The van der Waals surface area contributed by atoms with Crippen molar-refractivity contribution in [2.24, 2.45) is 5.92 Å². The molecule has 2 N–H and O–H groups in total. The van der Waals surface area contributed by atoms with Crippen LogP contribution < -0.4 is 5.32 Å². The molecule has 18 heavy (non-hydrogen) atoms. The number of carboxylic acid groups (broad SMARTS) is 1. The minimum atomic E-state index is -4.43. The lowest BCUT2D eigenvalue weighted by molar-refractivity contribution is -0.141. The Hall–Kier alpha value is -1.79. The number of nitrogens with zero attached hydrogens (tertiary/aromatic N) is 1. The Morgan fingerprint density at radius 1 is 1.39 bits per heavy atom. The van der Waals surface area contributed by atoms with Crippen molar-refractivity contribution < 1.29 is 23.1 Å². The second kappa shape index (κ2) is 5.24. The Balaban J connectivity index is 2.73. The number of rotatable bonds is 4. The average molecular weight is 262 g/mol. The summed E-state index contributed by atoms with van der Waals surface area (Å²) in [6, 6.07) is 1.63. The molecule has 1 rings (SSSR count). The average Bonchev–Trinajstić information content (AvgIpc) is 2.27. The van der Waals surface area contributed by atoms with Gasteiger partial charge in [0.25, 0.3) is 0 Å². The number of hydrogen-bond acceptors (Lipinski definition) is 3. The van der Waals surface area contributed by atoms with E-state index in [0.717, 1.165) is 6.07 Å². The molecule has 0 aromatic carbocycles. The quantitative estimate of drug-likeness (QED) is 0.875. The normalized spacial score (nSPS) is 14.9. The number of hydrogen-bond donors (Lipinski definition) is 2. The van der Waals surface area contributed by atoms with Crippen molar-refractivity contribution in [1.82, 2.24) is 4.98 Å². The van der Waals surface area contributed by atoms with Crippen molar-refractivity contribution in [2.75, 3.05) is 5.32 Å². The van der Waals surface area contributed by atoms with Crippen LogP contribution in [0.4, 0.5) is 19.0 Å². The molecule has 0 aliphatic rings. The minimum Gasteiger partial charge on any atom is -0.481 e. The first-order chi connectivity index (χ1) is 8.21. The van der Waals surface area contributed by atoms with Gasteiger partial charge in [0, 0.05) is 12.2 Å². The Bertz CT molecular complexity index is 417. The SMILES string of the molecule is CC(Nc1ccc(C(F)(F)F)cn1)C(C)C(=O)O. The molecular weight excluding hydrogens is 249 g/mol. The largest absolute Gasteiger partial charge is 0.481 e. The van der Waals surface area contributed by atoms with Gasteiger partial charge in [0.05, 0.1) is 11.5 Å². The molecule has 0 aliphatic carbocycles. The zero-order valence-corrected chi connectivity index (χ0v) is 9.82. The van der Waals surface area contributed by atoms with Crippen LogP contribution in [0.3, 0.4) is 0 Å². The third kappa shape index (κ3) is 3.61. The molecule has 0 aliphatic heterocycles. The van der Waals surface area contributed by atoms with E-state index in [4.69, 9.17) is 5.11 Å². The fraction of sp³-hybridized carbons (Fsp3) is 0.455. The highest BCUT2D eigenvalue weighted by atomic mass is 19.4. The van der Waals surface area contributed by atoms with Crippen LogP contribution >= 0.6 is 0 Å². The van der Waals surface area contributed by atoms with Crippen LogP contribution in [-0.2, 0) is 11.0 Å². The van der Waals surface area contributed by atoms with Crippen molar-refractivity contribution in [3.05, 3.63) is 23.9 Å². The number of alkyl halides is 3. The third-order valence-corrected chi connectivity index (χ3v) is 2.61. The Morgan fingerprint density at radius 3 is 2.39 bits per heavy atom. The number of anilines is 1. The van der Waals surface area contributed by atoms with E-state index in [-0.39, 0.29) is 5.82 Å². The number of carboxylic acids is 1. The second-order valence-corrected chi connectivity index (χ2v) is 3.99. The lowest BCUT2D eigenvalue weighted by Gasteiger charge is -2.18. The highest BCUT2D eigenvalue weighted by Crippen LogP contribution is 2.28. The molecule has 1 aromatic heterocycles. The summed E-state index contributed by atoms with van der Waals surface area (Å²) >= 11 is 0. The zero-order valence-electron chi connectivity index (χ0n) is 9.82. The number of aromatic nitrogens is 1. The summed E-state index contributed by atoms with van der Waals surface area (Å²) in [5, 5.41) is 11.5. The lowest BCUT2D eigenvalue weighted by Crippen LogP contribution is -2.30. The van der Waals surface area contributed by atoms with Gasteiger partial charge >= 0.3 is 12.1 Å². The minimum absolute atomic E-state index is 0.212. The summed E-state index contributed by atoms with van der Waals surface area (Å²) in [6.07, 6.45) is -3.72. The molecule has 0 radical (unpaired) electrons. The van der Waals surface area contributed by atoms with Crippen LogP contribution in [0.25, 0.3) is 0 Å². The van der Waals surface area contributed by atoms with Crippen molar-refractivity contribution in [2.45, 2.75) is 26.1 Å². The molecule has 100 valence electrons. The van der Waals surface area contributed by atoms with Gasteiger partial charge in [0.15, 0.2) is 0 Å². The van der Waals surface area contributed by atoms with E-state index in [9.17, 15) is 18.0 Å². The summed E-state index contributed by atoms with van der Waals surface area (Å²) in [6.45, 7) is 3.13. The molecular formula is C11H13F3N2O2. The molecule has 1 heterocycles. The topological polar surface area (TPSA) is 62.2 Å². The maximum atomic E-state index is 12.3. The molecule has 4 nitrogen and oxygen atoms in total. The van der Waals surface area contributed by atoms with E-state index < -0.39 is 29.7 Å². The molecule has 0 saturated carbocycles.